The molecule has 2 aromatic carbocycles. The summed E-state index contributed by atoms with van der Waals surface area (Å²) in [5.41, 5.74) is 4.10. The van der Waals surface area contributed by atoms with Crippen molar-refractivity contribution in [3.63, 3.8) is 0 Å². The molecule has 98 valence electrons. The maximum atomic E-state index is 6.26. The Morgan fingerprint density at radius 2 is 1.84 bits per heavy atom. The zero-order valence-corrected chi connectivity index (χ0v) is 11.8. The van der Waals surface area contributed by atoms with Crippen LogP contribution in [-0.4, -0.2) is 0 Å². The summed E-state index contributed by atoms with van der Waals surface area (Å²) >= 11 is 6.26. The first-order valence-electron chi connectivity index (χ1n) is 6.84. The van der Waals surface area contributed by atoms with Crippen LogP contribution in [-0.2, 0) is 6.42 Å². The molecule has 1 nitrogen and oxygen atoms in total. The van der Waals surface area contributed by atoms with Crippen molar-refractivity contribution in [3.8, 4) is 0 Å². The molecule has 0 radical (unpaired) electrons. The maximum Gasteiger partial charge on any atom is 0.0453 e. The predicted octanol–water partition coefficient (Wildman–Crippen LogP) is 4.68. The van der Waals surface area contributed by atoms with E-state index in [1.54, 1.807) is 0 Å². The van der Waals surface area contributed by atoms with Gasteiger partial charge in [-0.3, -0.25) is 0 Å². The Hall–Kier alpha value is -1.31. The van der Waals surface area contributed by atoms with Gasteiger partial charge in [0.1, 0.15) is 0 Å². The number of hydrogen-bond acceptors (Lipinski definition) is 1. The third kappa shape index (κ3) is 2.54. The highest BCUT2D eigenvalue weighted by molar-refractivity contribution is 6.31. The second-order valence-corrected chi connectivity index (χ2v) is 5.61. The fraction of sp³-hybridized carbons (Fsp3) is 0.294. The van der Waals surface area contributed by atoms with Crippen molar-refractivity contribution in [3.05, 3.63) is 70.2 Å². The summed E-state index contributed by atoms with van der Waals surface area (Å²) in [6.07, 6.45) is 2.34. The van der Waals surface area contributed by atoms with Crippen LogP contribution in [0.5, 0.6) is 0 Å². The van der Waals surface area contributed by atoms with E-state index < -0.39 is 0 Å². The average molecular weight is 272 g/mol. The van der Waals surface area contributed by atoms with Gasteiger partial charge < -0.3 is 5.32 Å². The Bertz CT molecular complexity index is 579. The van der Waals surface area contributed by atoms with Crippen LogP contribution in [0.3, 0.4) is 0 Å². The number of rotatable bonds is 3. The molecule has 0 spiro atoms. The van der Waals surface area contributed by atoms with Crippen LogP contribution in [0, 0.1) is 0 Å². The number of hydrogen-bond donors (Lipinski definition) is 1. The average Bonchev–Trinajstić information content (AvgIpc) is 2.83. The molecule has 0 heterocycles. The summed E-state index contributed by atoms with van der Waals surface area (Å²) in [4.78, 5) is 0. The number of fused-ring (bicyclic) bond motifs is 1. The van der Waals surface area contributed by atoms with Crippen LogP contribution >= 0.6 is 11.6 Å². The normalized spacial score (nSPS) is 19.2. The lowest BCUT2D eigenvalue weighted by atomic mass is 10.0. The van der Waals surface area contributed by atoms with Crippen molar-refractivity contribution < 1.29 is 0 Å². The zero-order valence-electron chi connectivity index (χ0n) is 11.1. The van der Waals surface area contributed by atoms with Gasteiger partial charge >= 0.3 is 0 Å². The lowest BCUT2D eigenvalue weighted by molar-refractivity contribution is 0.465. The Morgan fingerprint density at radius 1 is 1.11 bits per heavy atom. The Labute approximate surface area is 119 Å². The van der Waals surface area contributed by atoms with E-state index in [-0.39, 0.29) is 6.04 Å². The SMILES string of the molecule is C[C@@H](NC1CCc2ccccc21)c1ccccc1Cl. The van der Waals surface area contributed by atoms with Gasteiger partial charge in [-0.05, 0) is 42.5 Å². The van der Waals surface area contributed by atoms with Gasteiger partial charge in [0.05, 0.1) is 0 Å². The smallest absolute Gasteiger partial charge is 0.0453 e. The van der Waals surface area contributed by atoms with Crippen molar-refractivity contribution in [1.29, 1.82) is 0 Å². The molecule has 0 amide bonds. The van der Waals surface area contributed by atoms with Crippen molar-refractivity contribution in [2.45, 2.75) is 31.8 Å². The van der Waals surface area contributed by atoms with Gasteiger partial charge in [0, 0.05) is 17.1 Å². The second kappa shape index (κ2) is 5.36. The second-order valence-electron chi connectivity index (χ2n) is 5.20. The molecular weight excluding hydrogens is 254 g/mol. The molecule has 0 aliphatic heterocycles. The third-order valence-electron chi connectivity index (χ3n) is 3.96. The highest BCUT2D eigenvalue weighted by Crippen LogP contribution is 2.33. The molecular formula is C17H18ClN. The lowest BCUT2D eigenvalue weighted by Gasteiger charge is -2.21. The first kappa shape index (κ1) is 12.7. The third-order valence-corrected chi connectivity index (χ3v) is 4.30. The monoisotopic (exact) mass is 271 g/mol. The van der Waals surface area contributed by atoms with E-state index in [4.69, 9.17) is 11.6 Å². The highest BCUT2D eigenvalue weighted by Gasteiger charge is 2.23. The Morgan fingerprint density at radius 3 is 2.68 bits per heavy atom. The van der Waals surface area contributed by atoms with Crippen LogP contribution in [0.2, 0.25) is 5.02 Å². The number of nitrogens with one attached hydrogen (secondary N) is 1. The molecule has 0 saturated carbocycles. The fourth-order valence-electron chi connectivity index (χ4n) is 2.95. The minimum Gasteiger partial charge on any atom is -0.303 e. The van der Waals surface area contributed by atoms with E-state index in [0.29, 0.717) is 6.04 Å². The minimum absolute atomic E-state index is 0.268. The van der Waals surface area contributed by atoms with Gasteiger partial charge in [0.15, 0.2) is 0 Å². The van der Waals surface area contributed by atoms with E-state index in [2.05, 4.69) is 42.6 Å². The molecule has 2 heteroatoms. The molecule has 0 fully saturated rings. The van der Waals surface area contributed by atoms with Gasteiger partial charge in [-0.1, -0.05) is 54.1 Å². The van der Waals surface area contributed by atoms with E-state index in [1.807, 2.05) is 18.2 Å². The quantitative estimate of drug-likeness (QED) is 0.855. The molecule has 1 aliphatic carbocycles. The molecule has 19 heavy (non-hydrogen) atoms. The maximum absolute atomic E-state index is 6.26. The van der Waals surface area contributed by atoms with Crippen LogP contribution in [0.25, 0.3) is 0 Å². The molecule has 2 aromatic rings. The summed E-state index contributed by atoms with van der Waals surface area (Å²) in [6, 6.07) is 17.5. The van der Waals surface area contributed by atoms with Crippen molar-refractivity contribution in [1.82, 2.24) is 5.32 Å². The topological polar surface area (TPSA) is 12.0 Å². The molecule has 0 aromatic heterocycles. The molecule has 1 N–H and O–H groups in total. The molecule has 1 unspecified atom stereocenters. The molecule has 0 saturated heterocycles. The first-order chi connectivity index (χ1) is 9.25. The zero-order chi connectivity index (χ0) is 13.2. The minimum atomic E-state index is 0.268. The van der Waals surface area contributed by atoms with Crippen molar-refractivity contribution in [2.75, 3.05) is 0 Å². The largest absolute Gasteiger partial charge is 0.303 e. The van der Waals surface area contributed by atoms with E-state index in [1.165, 1.54) is 29.5 Å². The summed E-state index contributed by atoms with van der Waals surface area (Å²) in [5.74, 6) is 0. The first-order valence-corrected chi connectivity index (χ1v) is 7.22. The highest BCUT2D eigenvalue weighted by atomic mass is 35.5. The molecule has 1 aliphatic rings. The van der Waals surface area contributed by atoms with Crippen molar-refractivity contribution >= 4 is 11.6 Å². The van der Waals surface area contributed by atoms with Gasteiger partial charge in [0.25, 0.3) is 0 Å². The van der Waals surface area contributed by atoms with Crippen molar-refractivity contribution in [2.24, 2.45) is 0 Å². The van der Waals surface area contributed by atoms with Gasteiger partial charge in [-0.2, -0.15) is 0 Å². The van der Waals surface area contributed by atoms with Gasteiger partial charge in [-0.15, -0.1) is 0 Å². The van der Waals surface area contributed by atoms with Gasteiger partial charge in [0.2, 0.25) is 0 Å². The van der Waals surface area contributed by atoms with Gasteiger partial charge in [-0.25, -0.2) is 0 Å². The Kier molecular flexibility index (Phi) is 3.58. The number of halogens is 1. The van der Waals surface area contributed by atoms with Crippen LogP contribution < -0.4 is 5.32 Å². The summed E-state index contributed by atoms with van der Waals surface area (Å²) in [7, 11) is 0. The summed E-state index contributed by atoms with van der Waals surface area (Å²) in [6.45, 7) is 2.18. The van der Waals surface area contributed by atoms with Crippen LogP contribution in [0.1, 0.15) is 42.1 Å². The van der Waals surface area contributed by atoms with Crippen LogP contribution in [0.4, 0.5) is 0 Å². The number of aryl methyl sites for hydroxylation is 1. The standard InChI is InChI=1S/C17H18ClN/c1-12(14-7-4-5-9-16(14)18)19-17-11-10-13-6-2-3-8-15(13)17/h2-9,12,17,19H,10-11H2,1H3/t12-,17?/m1/s1. The number of benzene rings is 2. The molecule has 2 atom stereocenters. The molecule has 0 bridgehead atoms. The lowest BCUT2D eigenvalue weighted by Crippen LogP contribution is -2.23. The van der Waals surface area contributed by atoms with E-state index >= 15 is 0 Å². The van der Waals surface area contributed by atoms with E-state index in [9.17, 15) is 0 Å². The van der Waals surface area contributed by atoms with Crippen LogP contribution in [0.15, 0.2) is 48.5 Å². The van der Waals surface area contributed by atoms with E-state index in [0.717, 1.165) is 5.02 Å². The fourth-order valence-corrected chi connectivity index (χ4v) is 3.25. The molecule has 3 rings (SSSR count). The Balaban J connectivity index is 1.78. The predicted molar refractivity (Wildman–Crippen MR) is 80.5 cm³/mol. The summed E-state index contributed by atoms with van der Waals surface area (Å²) < 4.78 is 0. The summed E-state index contributed by atoms with van der Waals surface area (Å²) in [5, 5.41) is 4.55.